The van der Waals surface area contributed by atoms with Gasteiger partial charge in [0.1, 0.15) is 5.82 Å². The number of carbonyl (C=O) groups is 1. The van der Waals surface area contributed by atoms with E-state index in [1.54, 1.807) is 19.1 Å². The Balaban J connectivity index is 1.42. The highest BCUT2D eigenvalue weighted by Crippen LogP contribution is 2.30. The third kappa shape index (κ3) is 5.00. The molecule has 1 atom stereocenters. The Morgan fingerprint density at radius 2 is 2.00 bits per heavy atom. The van der Waals surface area contributed by atoms with Gasteiger partial charge in [-0.15, -0.1) is 0 Å². The van der Waals surface area contributed by atoms with Crippen molar-refractivity contribution in [3.63, 3.8) is 0 Å². The molecular formula is C22H17ClF4N4O2. The van der Waals surface area contributed by atoms with Crippen LogP contribution in [0.15, 0.2) is 53.7 Å². The third-order valence-corrected chi connectivity index (χ3v) is 5.35. The molecule has 1 aliphatic rings. The Bertz CT molecular complexity index is 1220. The lowest BCUT2D eigenvalue weighted by Gasteiger charge is -2.10. The van der Waals surface area contributed by atoms with Gasteiger partial charge in [-0.1, -0.05) is 35.0 Å². The number of benzene rings is 2. The van der Waals surface area contributed by atoms with Gasteiger partial charge >= 0.3 is 6.18 Å². The second kappa shape index (κ2) is 8.86. The van der Waals surface area contributed by atoms with Crippen LogP contribution in [0.25, 0.3) is 0 Å². The zero-order valence-electron chi connectivity index (χ0n) is 17.2. The lowest BCUT2D eigenvalue weighted by Crippen LogP contribution is -2.28. The van der Waals surface area contributed by atoms with E-state index in [-0.39, 0.29) is 35.1 Å². The average Bonchev–Trinajstić information content (AvgIpc) is 3.35. The van der Waals surface area contributed by atoms with Crippen LogP contribution in [-0.4, -0.2) is 27.5 Å². The normalized spacial score (nSPS) is 15.8. The van der Waals surface area contributed by atoms with Crippen LogP contribution < -0.4 is 5.32 Å². The van der Waals surface area contributed by atoms with E-state index in [1.165, 1.54) is 28.9 Å². The van der Waals surface area contributed by atoms with Gasteiger partial charge in [0.2, 0.25) is 6.10 Å². The number of halogens is 5. The standard InChI is InChI=1S/C22H17ClF4N4O2/c1-12-8-19(29-31(12)11-13-4-2-5-14(9-13)22(25,26)27)28-21(32)18-10-17(30-33-18)20-15(23)6-3-7-16(20)24/h2-9,18H,10-11H2,1H3,(H,28,29,32). The summed E-state index contributed by atoms with van der Waals surface area (Å²) in [4.78, 5) is 17.7. The maximum absolute atomic E-state index is 14.1. The van der Waals surface area contributed by atoms with Gasteiger partial charge in [-0.05, 0) is 36.8 Å². The smallest absolute Gasteiger partial charge is 0.382 e. The molecule has 2 heterocycles. The van der Waals surface area contributed by atoms with E-state index in [0.29, 0.717) is 11.3 Å². The van der Waals surface area contributed by atoms with Gasteiger partial charge in [0, 0.05) is 18.2 Å². The van der Waals surface area contributed by atoms with Crippen molar-refractivity contribution in [1.82, 2.24) is 9.78 Å². The summed E-state index contributed by atoms with van der Waals surface area (Å²) in [6.45, 7) is 1.80. The molecule has 33 heavy (non-hydrogen) atoms. The zero-order chi connectivity index (χ0) is 23.8. The summed E-state index contributed by atoms with van der Waals surface area (Å²) in [5.74, 6) is -0.926. The second-order valence-electron chi connectivity index (χ2n) is 7.45. The number of hydrogen-bond acceptors (Lipinski definition) is 4. The van der Waals surface area contributed by atoms with Crippen molar-refractivity contribution in [3.05, 3.63) is 81.8 Å². The minimum Gasteiger partial charge on any atom is -0.382 e. The SMILES string of the molecule is Cc1cc(NC(=O)C2CC(c3c(F)cccc3Cl)=NO2)nn1Cc1cccc(C(F)(F)F)c1. The predicted octanol–water partition coefficient (Wildman–Crippen LogP) is 5.18. The molecule has 0 saturated carbocycles. The van der Waals surface area contributed by atoms with Crippen LogP contribution >= 0.6 is 11.6 Å². The van der Waals surface area contributed by atoms with Crippen molar-refractivity contribution >= 4 is 29.0 Å². The van der Waals surface area contributed by atoms with Crippen LogP contribution in [0.1, 0.15) is 28.8 Å². The molecule has 0 aliphatic carbocycles. The van der Waals surface area contributed by atoms with Crippen LogP contribution in [0.3, 0.4) is 0 Å². The Morgan fingerprint density at radius 1 is 1.24 bits per heavy atom. The number of aryl methyl sites for hydroxylation is 1. The lowest BCUT2D eigenvalue weighted by molar-refractivity contribution is -0.137. The molecule has 1 amide bonds. The molecule has 1 aromatic heterocycles. The third-order valence-electron chi connectivity index (χ3n) is 5.03. The number of oxime groups is 1. The quantitative estimate of drug-likeness (QED) is 0.511. The molecule has 3 aromatic rings. The number of alkyl halides is 3. The van der Waals surface area contributed by atoms with Crippen LogP contribution in [0, 0.1) is 12.7 Å². The highest BCUT2D eigenvalue weighted by atomic mass is 35.5. The summed E-state index contributed by atoms with van der Waals surface area (Å²) in [5.41, 5.74) is 0.584. The minimum atomic E-state index is -4.44. The van der Waals surface area contributed by atoms with Gasteiger partial charge in [-0.3, -0.25) is 9.48 Å². The number of carbonyl (C=O) groups excluding carboxylic acids is 1. The van der Waals surface area contributed by atoms with Gasteiger partial charge in [0.05, 0.1) is 28.4 Å². The Labute approximate surface area is 190 Å². The largest absolute Gasteiger partial charge is 0.416 e. The number of aromatic nitrogens is 2. The first-order valence-corrected chi connectivity index (χ1v) is 10.2. The van der Waals surface area contributed by atoms with Crippen molar-refractivity contribution in [2.45, 2.75) is 32.2 Å². The van der Waals surface area contributed by atoms with Gasteiger partial charge < -0.3 is 10.2 Å². The first-order chi connectivity index (χ1) is 15.6. The molecule has 0 fully saturated rings. The van der Waals surface area contributed by atoms with Crippen LogP contribution in [-0.2, 0) is 22.4 Å². The summed E-state index contributed by atoms with van der Waals surface area (Å²) < 4.78 is 54.4. The average molecular weight is 481 g/mol. The number of hydrogen-bond donors (Lipinski definition) is 1. The Kier molecular flexibility index (Phi) is 6.11. The number of nitrogens with zero attached hydrogens (tertiary/aromatic N) is 3. The topological polar surface area (TPSA) is 68.5 Å². The van der Waals surface area contributed by atoms with Gasteiger partial charge in [0.15, 0.2) is 5.82 Å². The fourth-order valence-electron chi connectivity index (χ4n) is 3.40. The zero-order valence-corrected chi connectivity index (χ0v) is 17.9. The molecule has 1 aliphatic heterocycles. The molecule has 0 saturated heterocycles. The van der Waals surface area contributed by atoms with Crippen molar-refractivity contribution in [3.8, 4) is 0 Å². The number of anilines is 1. The van der Waals surface area contributed by atoms with E-state index in [2.05, 4.69) is 15.6 Å². The van der Waals surface area contributed by atoms with Crippen LogP contribution in [0.5, 0.6) is 0 Å². The number of amides is 1. The monoisotopic (exact) mass is 480 g/mol. The summed E-state index contributed by atoms with van der Waals surface area (Å²) in [6.07, 6.45) is -5.44. The summed E-state index contributed by atoms with van der Waals surface area (Å²) in [7, 11) is 0. The van der Waals surface area contributed by atoms with Crippen LogP contribution in [0.2, 0.25) is 5.02 Å². The van der Waals surface area contributed by atoms with Gasteiger partial charge in [-0.2, -0.15) is 18.3 Å². The summed E-state index contributed by atoms with van der Waals surface area (Å²) in [5, 5.41) is 10.8. The molecule has 0 radical (unpaired) electrons. The molecule has 1 N–H and O–H groups in total. The van der Waals surface area contributed by atoms with Crippen molar-refractivity contribution in [2.24, 2.45) is 5.16 Å². The first-order valence-electron chi connectivity index (χ1n) is 9.80. The highest BCUT2D eigenvalue weighted by molar-refractivity contribution is 6.34. The van der Waals surface area contributed by atoms with E-state index in [9.17, 15) is 22.4 Å². The number of rotatable bonds is 5. The summed E-state index contributed by atoms with van der Waals surface area (Å²) in [6, 6.07) is 10.7. The van der Waals surface area contributed by atoms with E-state index in [1.807, 2.05) is 0 Å². The molecule has 2 aromatic carbocycles. The Morgan fingerprint density at radius 3 is 2.73 bits per heavy atom. The Hall–Kier alpha value is -3.40. The molecule has 4 rings (SSSR count). The van der Waals surface area contributed by atoms with Crippen molar-refractivity contribution < 1.29 is 27.2 Å². The van der Waals surface area contributed by atoms with Crippen molar-refractivity contribution in [1.29, 1.82) is 0 Å². The molecule has 11 heteroatoms. The molecule has 6 nitrogen and oxygen atoms in total. The van der Waals surface area contributed by atoms with Crippen molar-refractivity contribution in [2.75, 3.05) is 5.32 Å². The van der Waals surface area contributed by atoms with Gasteiger partial charge in [-0.25, -0.2) is 4.39 Å². The van der Waals surface area contributed by atoms with Gasteiger partial charge in [0.25, 0.3) is 5.91 Å². The van der Waals surface area contributed by atoms with E-state index in [0.717, 1.165) is 12.1 Å². The molecule has 0 bridgehead atoms. The minimum absolute atomic E-state index is 0.0103. The fraction of sp³-hybridized carbons (Fsp3) is 0.227. The number of nitrogens with one attached hydrogen (secondary N) is 1. The molecule has 172 valence electrons. The molecule has 1 unspecified atom stereocenters. The van der Waals surface area contributed by atoms with E-state index in [4.69, 9.17) is 16.4 Å². The molecular weight excluding hydrogens is 464 g/mol. The molecule has 0 spiro atoms. The van der Waals surface area contributed by atoms with Crippen LogP contribution in [0.4, 0.5) is 23.4 Å². The highest BCUT2D eigenvalue weighted by Gasteiger charge is 2.32. The summed E-state index contributed by atoms with van der Waals surface area (Å²) >= 11 is 6.04. The maximum atomic E-state index is 14.1. The maximum Gasteiger partial charge on any atom is 0.416 e. The second-order valence-corrected chi connectivity index (χ2v) is 7.86. The van der Waals surface area contributed by atoms with E-state index < -0.39 is 29.6 Å². The first kappa shape index (κ1) is 22.8. The van der Waals surface area contributed by atoms with E-state index >= 15 is 0 Å². The fourth-order valence-corrected chi connectivity index (χ4v) is 3.67. The lowest BCUT2D eigenvalue weighted by atomic mass is 10.0. The predicted molar refractivity (Wildman–Crippen MR) is 114 cm³/mol.